The second kappa shape index (κ2) is 12.3. The first kappa shape index (κ1) is 29.1. The van der Waals surface area contributed by atoms with E-state index < -0.39 is 42.5 Å². The zero-order valence-corrected chi connectivity index (χ0v) is 23.0. The molecule has 0 unspecified atom stereocenters. The molecule has 0 amide bonds. The van der Waals surface area contributed by atoms with Gasteiger partial charge in [-0.3, -0.25) is 0 Å². The van der Waals surface area contributed by atoms with Gasteiger partial charge in [0.2, 0.25) is 12.2 Å². The molecular formula is C33H27FN2O8. The van der Waals surface area contributed by atoms with Crippen LogP contribution in [0.2, 0.25) is 0 Å². The summed E-state index contributed by atoms with van der Waals surface area (Å²) in [6.45, 7) is 0.280. The summed E-state index contributed by atoms with van der Waals surface area (Å²) in [6.07, 6.45) is -8.91. The Bertz CT molecular complexity index is 1780. The van der Waals surface area contributed by atoms with Crippen molar-refractivity contribution < 1.29 is 43.8 Å². The second-order valence-corrected chi connectivity index (χ2v) is 10.2. The number of pyridine rings is 2. The Morgan fingerprint density at radius 3 is 2.27 bits per heavy atom. The largest absolute Gasteiger partial charge is 0.487 e. The van der Waals surface area contributed by atoms with Gasteiger partial charge in [0.15, 0.2) is 6.10 Å². The maximum Gasteiger partial charge on any atom is 0.335 e. The monoisotopic (exact) mass is 598 g/mol. The lowest BCUT2D eigenvalue weighted by Crippen LogP contribution is -2.61. The summed E-state index contributed by atoms with van der Waals surface area (Å²) >= 11 is 0. The van der Waals surface area contributed by atoms with Gasteiger partial charge < -0.3 is 34.6 Å². The maximum atomic E-state index is 13.7. The third kappa shape index (κ3) is 6.08. The van der Waals surface area contributed by atoms with Crippen LogP contribution < -0.4 is 9.47 Å². The number of nitrogens with zero attached hydrogens (tertiary/aromatic N) is 2. The number of para-hydroxylation sites is 1. The number of carboxylic acid groups (broad SMARTS) is 1. The molecule has 3 heterocycles. The van der Waals surface area contributed by atoms with Gasteiger partial charge in [-0.15, -0.1) is 0 Å². The van der Waals surface area contributed by atoms with Gasteiger partial charge in [-0.05, 0) is 60.2 Å². The Morgan fingerprint density at radius 2 is 1.52 bits per heavy atom. The van der Waals surface area contributed by atoms with E-state index in [1.165, 1.54) is 18.2 Å². The van der Waals surface area contributed by atoms with Crippen molar-refractivity contribution in [3.63, 3.8) is 0 Å². The molecule has 0 bridgehead atoms. The van der Waals surface area contributed by atoms with Crippen molar-refractivity contribution in [2.24, 2.45) is 0 Å². The van der Waals surface area contributed by atoms with Crippen LogP contribution in [0.4, 0.5) is 4.39 Å². The molecule has 1 aliphatic heterocycles. The molecule has 0 saturated carbocycles. The Balaban J connectivity index is 1.24. The fraction of sp³-hybridized carbons (Fsp3) is 0.182. The van der Waals surface area contributed by atoms with Gasteiger partial charge in [-0.1, -0.05) is 36.4 Å². The lowest BCUT2D eigenvalue weighted by atomic mass is 9.98. The zero-order chi connectivity index (χ0) is 30.8. The van der Waals surface area contributed by atoms with E-state index >= 15 is 0 Å². The second-order valence-electron chi connectivity index (χ2n) is 10.2. The van der Waals surface area contributed by atoms with Crippen LogP contribution in [-0.2, 0) is 16.1 Å². The van der Waals surface area contributed by atoms with E-state index in [0.717, 1.165) is 22.2 Å². The van der Waals surface area contributed by atoms with Crippen LogP contribution in [0, 0.1) is 5.82 Å². The molecule has 224 valence electrons. The van der Waals surface area contributed by atoms with E-state index in [9.17, 15) is 29.6 Å². The average molecular weight is 599 g/mol. The average Bonchev–Trinajstić information content (AvgIpc) is 3.04. The predicted octanol–water partition coefficient (Wildman–Crippen LogP) is 3.95. The molecule has 2 aromatic heterocycles. The fourth-order valence-electron chi connectivity index (χ4n) is 4.91. The topological polar surface area (TPSA) is 151 Å². The highest BCUT2D eigenvalue weighted by Gasteiger charge is 2.48. The highest BCUT2D eigenvalue weighted by molar-refractivity contribution is 5.81. The SMILES string of the molecule is O=C(O)[C@H]1O[C@@H](Oc2ccc(-c3ccc(OCc4ccc5ccccc5n4)cc3)c(-c3ccc(F)cc3)n2)[C@H](O)[C@@H](O)[C@@H]1O. The first-order valence-electron chi connectivity index (χ1n) is 13.7. The lowest BCUT2D eigenvalue weighted by Gasteiger charge is -2.38. The molecule has 6 rings (SSSR count). The van der Waals surface area contributed by atoms with Gasteiger partial charge in [0.1, 0.15) is 36.5 Å². The maximum absolute atomic E-state index is 13.7. The summed E-state index contributed by atoms with van der Waals surface area (Å²) in [5.41, 5.74) is 4.05. The molecule has 1 aliphatic rings. The number of ether oxygens (including phenoxy) is 3. The molecule has 0 aliphatic carbocycles. The number of carboxylic acids is 1. The van der Waals surface area contributed by atoms with Crippen molar-refractivity contribution in [1.29, 1.82) is 0 Å². The number of halogens is 1. The van der Waals surface area contributed by atoms with E-state index in [1.54, 1.807) is 30.3 Å². The number of aromatic nitrogens is 2. The van der Waals surface area contributed by atoms with Crippen molar-refractivity contribution in [2.45, 2.75) is 37.3 Å². The molecule has 5 atom stereocenters. The van der Waals surface area contributed by atoms with Crippen LogP contribution in [0.5, 0.6) is 11.6 Å². The highest BCUT2D eigenvalue weighted by atomic mass is 19.1. The number of hydrogen-bond acceptors (Lipinski definition) is 9. The molecule has 0 spiro atoms. The molecule has 4 N–H and O–H groups in total. The van der Waals surface area contributed by atoms with Crippen LogP contribution >= 0.6 is 0 Å². The van der Waals surface area contributed by atoms with Crippen LogP contribution in [0.15, 0.2) is 97.1 Å². The lowest BCUT2D eigenvalue weighted by molar-refractivity contribution is -0.271. The van der Waals surface area contributed by atoms with Gasteiger partial charge in [0.25, 0.3) is 0 Å². The van der Waals surface area contributed by atoms with E-state index in [0.29, 0.717) is 22.6 Å². The fourth-order valence-corrected chi connectivity index (χ4v) is 4.91. The molecule has 3 aromatic carbocycles. The molecule has 10 nitrogen and oxygen atoms in total. The molecule has 1 saturated heterocycles. The molecule has 44 heavy (non-hydrogen) atoms. The summed E-state index contributed by atoms with van der Waals surface area (Å²) in [6, 6.07) is 27.9. The van der Waals surface area contributed by atoms with Crippen molar-refractivity contribution >= 4 is 16.9 Å². The summed E-state index contributed by atoms with van der Waals surface area (Å²) < 4.78 is 30.6. The predicted molar refractivity (Wildman–Crippen MR) is 156 cm³/mol. The van der Waals surface area contributed by atoms with Gasteiger partial charge in [-0.25, -0.2) is 19.2 Å². The number of fused-ring (bicyclic) bond motifs is 1. The van der Waals surface area contributed by atoms with Crippen LogP contribution in [0.25, 0.3) is 33.3 Å². The van der Waals surface area contributed by atoms with E-state index in [2.05, 4.69) is 9.97 Å². The number of hydrogen-bond donors (Lipinski definition) is 4. The van der Waals surface area contributed by atoms with Crippen LogP contribution in [-0.4, -0.2) is 67.1 Å². The summed E-state index contributed by atoms with van der Waals surface area (Å²) in [5.74, 6) is -1.41. The highest BCUT2D eigenvalue weighted by Crippen LogP contribution is 2.34. The van der Waals surface area contributed by atoms with Gasteiger partial charge >= 0.3 is 5.97 Å². The third-order valence-electron chi connectivity index (χ3n) is 7.25. The summed E-state index contributed by atoms with van der Waals surface area (Å²) in [7, 11) is 0. The third-order valence-corrected chi connectivity index (χ3v) is 7.25. The van der Waals surface area contributed by atoms with Crippen molar-refractivity contribution in [1.82, 2.24) is 9.97 Å². The Morgan fingerprint density at radius 1 is 0.795 bits per heavy atom. The summed E-state index contributed by atoms with van der Waals surface area (Å²) in [4.78, 5) is 20.7. The Hall–Kier alpha value is -4.94. The van der Waals surface area contributed by atoms with Gasteiger partial charge in [-0.2, -0.15) is 0 Å². The number of rotatable bonds is 8. The first-order chi connectivity index (χ1) is 21.3. The Labute approximate surface area is 250 Å². The zero-order valence-electron chi connectivity index (χ0n) is 23.0. The van der Waals surface area contributed by atoms with E-state index in [1.807, 2.05) is 48.5 Å². The van der Waals surface area contributed by atoms with Crippen LogP contribution in [0.3, 0.4) is 0 Å². The van der Waals surface area contributed by atoms with E-state index in [4.69, 9.17) is 14.2 Å². The standard InChI is InChI=1S/C33H27FN2O8/c34-21-10-5-20(6-11-21)27-24(15-16-26(36-27)43-33-30(39)28(37)29(38)31(44-33)32(40)41)18-8-13-23(14-9-18)42-17-22-12-7-19-3-1-2-4-25(19)35-22/h1-16,28-31,33,37-39H,17H2,(H,40,41)/t28-,29-,30+,31-,33+/m0/s1. The smallest absolute Gasteiger partial charge is 0.335 e. The number of carbonyl (C=O) groups is 1. The van der Waals surface area contributed by atoms with Crippen molar-refractivity contribution in [3.05, 3.63) is 109 Å². The number of aliphatic carboxylic acids is 1. The van der Waals surface area contributed by atoms with Crippen molar-refractivity contribution in [2.75, 3.05) is 0 Å². The summed E-state index contributed by atoms with van der Waals surface area (Å²) in [5, 5.41) is 40.8. The number of aliphatic hydroxyl groups is 3. The minimum atomic E-state index is -1.86. The van der Waals surface area contributed by atoms with Gasteiger partial charge in [0, 0.05) is 22.6 Å². The number of aliphatic hydroxyl groups excluding tert-OH is 3. The normalized spacial score (nSPS) is 21.6. The Kier molecular flexibility index (Phi) is 8.18. The minimum Gasteiger partial charge on any atom is -0.487 e. The van der Waals surface area contributed by atoms with E-state index in [-0.39, 0.29) is 12.5 Å². The van der Waals surface area contributed by atoms with Crippen LogP contribution in [0.1, 0.15) is 5.69 Å². The quantitative estimate of drug-likeness (QED) is 0.207. The molecule has 1 fully saturated rings. The van der Waals surface area contributed by atoms with Gasteiger partial charge in [0.05, 0.1) is 16.9 Å². The first-order valence-corrected chi connectivity index (χ1v) is 13.7. The minimum absolute atomic E-state index is 0.0623. The number of benzene rings is 3. The molecule has 0 radical (unpaired) electrons. The van der Waals surface area contributed by atoms with Crippen molar-refractivity contribution in [3.8, 4) is 34.0 Å². The molecule has 5 aromatic rings. The molecular weight excluding hydrogens is 571 g/mol. The molecule has 11 heteroatoms.